The van der Waals surface area contributed by atoms with Gasteiger partial charge in [-0.2, -0.15) is 4.72 Å². The number of thiophene rings is 1. The van der Waals surface area contributed by atoms with Crippen LogP contribution in [0.5, 0.6) is 0 Å². The maximum atomic E-state index is 12.8. The van der Waals surface area contributed by atoms with Crippen LogP contribution < -0.4 is 9.62 Å². The number of nitrogens with one attached hydrogen (secondary N) is 1. The van der Waals surface area contributed by atoms with E-state index in [-0.39, 0.29) is 5.91 Å². The largest absolute Gasteiger partial charge is 0.311 e. The summed E-state index contributed by atoms with van der Waals surface area (Å²) in [5, 5.41) is 1.08. The summed E-state index contributed by atoms with van der Waals surface area (Å²) in [6, 6.07) is 8.79. The summed E-state index contributed by atoms with van der Waals surface area (Å²) in [6.07, 6.45) is 2.88. The summed E-state index contributed by atoms with van der Waals surface area (Å²) in [6.45, 7) is 2.40. The number of anilines is 1. The fourth-order valence-electron chi connectivity index (χ4n) is 3.71. The van der Waals surface area contributed by atoms with E-state index in [4.69, 9.17) is 11.6 Å². The molecule has 1 atom stereocenters. The fourth-order valence-corrected chi connectivity index (χ4v) is 5.78. The first kappa shape index (κ1) is 20.6. The normalized spacial score (nSPS) is 20.6. The number of nitrogens with zero attached hydrogens (tertiary/aromatic N) is 2. The van der Waals surface area contributed by atoms with Gasteiger partial charge in [-0.3, -0.25) is 4.79 Å². The second-order valence-electron chi connectivity index (χ2n) is 7.38. The summed E-state index contributed by atoms with van der Waals surface area (Å²) >= 11 is 7.15. The van der Waals surface area contributed by atoms with E-state index >= 15 is 0 Å². The Morgan fingerprint density at radius 2 is 2.03 bits per heavy atom. The van der Waals surface area contributed by atoms with E-state index in [2.05, 4.69) is 28.8 Å². The topological polar surface area (TPSA) is 69.7 Å². The minimum Gasteiger partial charge on any atom is -0.311 e. The molecular formula is C20H22ClN3O3S2. The molecule has 2 aliphatic rings. The lowest BCUT2D eigenvalue weighted by Gasteiger charge is -2.26. The quantitative estimate of drug-likeness (QED) is 0.758. The van der Waals surface area contributed by atoms with Gasteiger partial charge in [0.2, 0.25) is 15.9 Å². The van der Waals surface area contributed by atoms with E-state index in [0.29, 0.717) is 17.3 Å². The number of carbonyl (C=O) groups is 1. The van der Waals surface area contributed by atoms with Crippen molar-refractivity contribution in [3.63, 3.8) is 0 Å². The van der Waals surface area contributed by atoms with Gasteiger partial charge in [0.25, 0.3) is 0 Å². The average molecular weight is 452 g/mol. The summed E-state index contributed by atoms with van der Waals surface area (Å²) < 4.78 is 27.9. The van der Waals surface area contributed by atoms with Crippen LogP contribution in [0.15, 0.2) is 35.7 Å². The molecule has 4 rings (SSSR count). The summed E-state index contributed by atoms with van der Waals surface area (Å²) in [5.41, 5.74) is 3.38. The highest BCUT2D eigenvalue weighted by atomic mass is 35.5. The molecule has 0 radical (unpaired) electrons. The first-order chi connectivity index (χ1) is 13.8. The Kier molecular flexibility index (Phi) is 5.81. The van der Waals surface area contributed by atoms with E-state index in [1.165, 1.54) is 28.5 Å². The highest BCUT2D eigenvalue weighted by Crippen LogP contribution is 2.28. The van der Waals surface area contributed by atoms with Crippen molar-refractivity contribution in [3.05, 3.63) is 56.1 Å². The average Bonchev–Trinajstić information content (AvgIpc) is 3.25. The maximum Gasteiger partial charge on any atom is 0.245 e. The third-order valence-corrected chi connectivity index (χ3v) is 7.53. The van der Waals surface area contributed by atoms with Crippen LogP contribution in [0, 0.1) is 0 Å². The number of amides is 1. The number of hydrogen-bond acceptors (Lipinski definition) is 5. The molecule has 1 amide bonds. The predicted molar refractivity (Wildman–Crippen MR) is 118 cm³/mol. The zero-order valence-electron chi connectivity index (χ0n) is 16.0. The van der Waals surface area contributed by atoms with Crippen molar-refractivity contribution in [1.29, 1.82) is 0 Å². The smallest absolute Gasteiger partial charge is 0.245 e. The van der Waals surface area contributed by atoms with Crippen LogP contribution in [0.25, 0.3) is 6.08 Å². The molecule has 154 valence electrons. The van der Waals surface area contributed by atoms with Crippen molar-refractivity contribution in [2.75, 3.05) is 25.0 Å². The molecule has 9 heteroatoms. The number of carbonyl (C=O) groups excluding carboxylic acids is 1. The van der Waals surface area contributed by atoms with Gasteiger partial charge in [0.1, 0.15) is 6.04 Å². The summed E-state index contributed by atoms with van der Waals surface area (Å²) in [7, 11) is -1.64. The molecule has 1 aromatic carbocycles. The second kappa shape index (κ2) is 8.20. The lowest BCUT2D eigenvalue weighted by Crippen LogP contribution is -2.40. The molecule has 3 heterocycles. The Bertz CT molecular complexity index is 1060. The Balaban J connectivity index is 1.44. The van der Waals surface area contributed by atoms with Crippen molar-refractivity contribution in [2.45, 2.75) is 25.4 Å². The molecule has 2 aromatic rings. The molecular weight excluding hydrogens is 430 g/mol. The van der Waals surface area contributed by atoms with Crippen LogP contribution in [0.1, 0.15) is 22.4 Å². The van der Waals surface area contributed by atoms with Crippen molar-refractivity contribution in [2.24, 2.45) is 0 Å². The van der Waals surface area contributed by atoms with E-state index in [1.807, 2.05) is 6.07 Å². The van der Waals surface area contributed by atoms with Crippen molar-refractivity contribution in [1.82, 2.24) is 9.62 Å². The zero-order chi connectivity index (χ0) is 20.6. The lowest BCUT2D eigenvalue weighted by atomic mass is 9.99. The number of rotatable bonds is 5. The molecule has 1 aromatic heterocycles. The van der Waals surface area contributed by atoms with Crippen LogP contribution in [-0.4, -0.2) is 45.4 Å². The van der Waals surface area contributed by atoms with Crippen LogP contribution in [0.2, 0.25) is 4.34 Å². The highest BCUT2D eigenvalue weighted by molar-refractivity contribution is 7.92. The number of fused-ring (bicyclic) bond motifs is 1. The number of likely N-dealkylation sites (N-methyl/N-ethyl adjacent to an activating group) is 1. The molecule has 1 saturated heterocycles. The van der Waals surface area contributed by atoms with Crippen LogP contribution in [0.4, 0.5) is 5.69 Å². The standard InChI is InChI=1S/C20H22ClN3O3S2/c1-23-9-6-14-12-16(3-2-15(14)13-23)24-10-7-18(20(24)25)22-29(26,27)11-8-17-4-5-19(21)28-17/h2-5,8,11-12,18,22H,6-7,9-10,13H2,1H3/b11-8+/t18-/m0/s1. The Hall–Kier alpha value is -1.71. The third kappa shape index (κ3) is 4.73. The first-order valence-corrected chi connectivity index (χ1v) is 12.1. The van der Waals surface area contributed by atoms with Gasteiger partial charge >= 0.3 is 0 Å². The van der Waals surface area contributed by atoms with Gasteiger partial charge in [0.05, 0.1) is 4.34 Å². The Morgan fingerprint density at radius 1 is 1.21 bits per heavy atom. The van der Waals surface area contributed by atoms with Gasteiger partial charge in [-0.15, -0.1) is 11.3 Å². The van der Waals surface area contributed by atoms with Crippen molar-refractivity contribution < 1.29 is 13.2 Å². The third-order valence-electron chi connectivity index (χ3n) is 5.22. The summed E-state index contributed by atoms with van der Waals surface area (Å²) in [5.74, 6) is -0.214. The number of sulfonamides is 1. The predicted octanol–water partition coefficient (Wildman–Crippen LogP) is 3.09. The molecule has 1 fully saturated rings. The first-order valence-electron chi connectivity index (χ1n) is 9.38. The van der Waals surface area contributed by atoms with Gasteiger partial charge in [0.15, 0.2) is 0 Å². The fraction of sp³-hybridized carbons (Fsp3) is 0.350. The minimum absolute atomic E-state index is 0.214. The van der Waals surface area contributed by atoms with Crippen molar-refractivity contribution in [3.8, 4) is 0 Å². The molecule has 0 unspecified atom stereocenters. The van der Waals surface area contributed by atoms with Gasteiger partial charge in [-0.1, -0.05) is 17.7 Å². The number of hydrogen-bond donors (Lipinski definition) is 1. The minimum atomic E-state index is -3.73. The molecule has 29 heavy (non-hydrogen) atoms. The second-order valence-corrected chi connectivity index (χ2v) is 10.7. The van der Waals surface area contributed by atoms with E-state index < -0.39 is 16.1 Å². The Labute approximate surface area is 179 Å². The van der Waals surface area contributed by atoms with Crippen LogP contribution in [0.3, 0.4) is 0 Å². The van der Waals surface area contributed by atoms with Crippen molar-refractivity contribution >= 4 is 50.6 Å². The van der Waals surface area contributed by atoms with E-state index in [0.717, 1.165) is 35.5 Å². The molecule has 0 aliphatic carbocycles. The molecule has 0 bridgehead atoms. The van der Waals surface area contributed by atoms with Gasteiger partial charge in [-0.25, -0.2) is 8.42 Å². The zero-order valence-corrected chi connectivity index (χ0v) is 18.4. The molecule has 0 saturated carbocycles. The maximum absolute atomic E-state index is 12.8. The summed E-state index contributed by atoms with van der Waals surface area (Å²) in [4.78, 5) is 17.5. The number of benzene rings is 1. The molecule has 0 spiro atoms. The van der Waals surface area contributed by atoms with Gasteiger partial charge in [-0.05, 0) is 61.4 Å². The lowest BCUT2D eigenvalue weighted by molar-refractivity contribution is -0.118. The molecule has 2 aliphatic heterocycles. The Morgan fingerprint density at radius 3 is 2.79 bits per heavy atom. The van der Waals surface area contributed by atoms with Crippen LogP contribution in [-0.2, 0) is 27.8 Å². The SMILES string of the molecule is CN1CCc2cc(N3CC[C@H](NS(=O)(=O)/C=C/c4ccc(Cl)s4)C3=O)ccc2C1. The molecule has 1 N–H and O–H groups in total. The molecule has 6 nitrogen and oxygen atoms in total. The van der Waals surface area contributed by atoms with E-state index in [9.17, 15) is 13.2 Å². The van der Waals surface area contributed by atoms with Gasteiger partial charge < -0.3 is 9.80 Å². The monoisotopic (exact) mass is 451 g/mol. The van der Waals surface area contributed by atoms with Crippen LogP contribution >= 0.6 is 22.9 Å². The number of halogens is 1. The van der Waals surface area contributed by atoms with E-state index in [1.54, 1.807) is 17.0 Å². The highest BCUT2D eigenvalue weighted by Gasteiger charge is 2.35. The van der Waals surface area contributed by atoms with Gasteiger partial charge in [0, 0.05) is 35.6 Å².